The lowest BCUT2D eigenvalue weighted by molar-refractivity contribution is 0.0908. The molecule has 132 valence electrons. The smallest absolute Gasteiger partial charge is 0.226 e. The summed E-state index contributed by atoms with van der Waals surface area (Å²) in [4.78, 5) is 24.0. The standard InChI is InChI=1S/C18H19N7O/c1-3-14(11-19-5-1)12-23-16-4-8-20-17(24-16)15-13-26-10-9-25(15)18-21-6-2-7-22-18/h1-8,11,15H,9-10,12-13H2,(H,20,23,24). The zero-order valence-electron chi connectivity index (χ0n) is 14.2. The molecule has 0 bridgehead atoms. The van der Waals surface area contributed by atoms with E-state index in [2.05, 4.69) is 35.1 Å². The molecule has 1 N–H and O–H groups in total. The van der Waals surface area contributed by atoms with Gasteiger partial charge in [0.1, 0.15) is 11.9 Å². The van der Waals surface area contributed by atoms with E-state index in [1.54, 1.807) is 30.9 Å². The molecule has 8 heteroatoms. The van der Waals surface area contributed by atoms with Crippen LogP contribution in [0.2, 0.25) is 0 Å². The van der Waals surface area contributed by atoms with Crippen molar-refractivity contribution in [3.63, 3.8) is 0 Å². The maximum Gasteiger partial charge on any atom is 0.226 e. The fourth-order valence-electron chi connectivity index (χ4n) is 2.82. The van der Waals surface area contributed by atoms with Gasteiger partial charge in [0.2, 0.25) is 5.95 Å². The Balaban J connectivity index is 1.52. The number of pyridine rings is 1. The average Bonchev–Trinajstić information content (AvgIpc) is 2.74. The summed E-state index contributed by atoms with van der Waals surface area (Å²) in [5.41, 5.74) is 1.09. The van der Waals surface area contributed by atoms with E-state index in [-0.39, 0.29) is 6.04 Å². The number of aromatic nitrogens is 5. The lowest BCUT2D eigenvalue weighted by Crippen LogP contribution is -2.41. The maximum atomic E-state index is 5.65. The van der Waals surface area contributed by atoms with Gasteiger partial charge >= 0.3 is 0 Å². The molecule has 3 aromatic rings. The Morgan fingerprint density at radius 2 is 2.00 bits per heavy atom. The van der Waals surface area contributed by atoms with E-state index >= 15 is 0 Å². The number of hydrogen-bond donors (Lipinski definition) is 1. The Hall–Kier alpha value is -3.13. The number of nitrogens with one attached hydrogen (secondary N) is 1. The molecule has 0 radical (unpaired) electrons. The van der Waals surface area contributed by atoms with Crippen molar-refractivity contribution in [3.05, 3.63) is 66.6 Å². The van der Waals surface area contributed by atoms with E-state index in [0.29, 0.717) is 38.1 Å². The molecule has 1 aliphatic heterocycles. The highest BCUT2D eigenvalue weighted by molar-refractivity contribution is 5.38. The number of hydrogen-bond acceptors (Lipinski definition) is 8. The monoisotopic (exact) mass is 349 g/mol. The molecule has 1 atom stereocenters. The zero-order valence-corrected chi connectivity index (χ0v) is 14.2. The second kappa shape index (κ2) is 7.83. The predicted octanol–water partition coefficient (Wildman–Crippen LogP) is 1.85. The van der Waals surface area contributed by atoms with Gasteiger partial charge in [-0.05, 0) is 23.8 Å². The molecular formula is C18H19N7O. The average molecular weight is 349 g/mol. The molecule has 1 unspecified atom stereocenters. The summed E-state index contributed by atoms with van der Waals surface area (Å²) in [7, 11) is 0. The number of ether oxygens (including phenoxy) is 1. The van der Waals surface area contributed by atoms with Crippen LogP contribution in [-0.2, 0) is 11.3 Å². The van der Waals surface area contributed by atoms with Crippen molar-refractivity contribution in [2.45, 2.75) is 12.6 Å². The van der Waals surface area contributed by atoms with E-state index in [1.807, 2.05) is 24.4 Å². The summed E-state index contributed by atoms with van der Waals surface area (Å²) in [6.07, 6.45) is 8.82. The van der Waals surface area contributed by atoms with E-state index in [9.17, 15) is 0 Å². The Morgan fingerprint density at radius 3 is 2.85 bits per heavy atom. The molecule has 1 aliphatic rings. The lowest BCUT2D eigenvalue weighted by atomic mass is 10.2. The molecule has 1 fully saturated rings. The first-order valence-corrected chi connectivity index (χ1v) is 8.47. The summed E-state index contributed by atoms with van der Waals surface area (Å²) >= 11 is 0. The van der Waals surface area contributed by atoms with Gasteiger partial charge < -0.3 is 15.0 Å². The minimum Gasteiger partial charge on any atom is -0.377 e. The van der Waals surface area contributed by atoms with Crippen molar-refractivity contribution in [1.29, 1.82) is 0 Å². The fourth-order valence-corrected chi connectivity index (χ4v) is 2.82. The third kappa shape index (κ3) is 3.75. The highest BCUT2D eigenvalue weighted by Gasteiger charge is 2.28. The van der Waals surface area contributed by atoms with Crippen LogP contribution in [0.3, 0.4) is 0 Å². The Bertz CT molecular complexity index is 831. The van der Waals surface area contributed by atoms with E-state index < -0.39 is 0 Å². The van der Waals surface area contributed by atoms with E-state index in [0.717, 1.165) is 11.4 Å². The molecule has 0 saturated carbocycles. The van der Waals surface area contributed by atoms with Gasteiger partial charge in [-0.15, -0.1) is 0 Å². The van der Waals surface area contributed by atoms with Crippen LogP contribution in [0.25, 0.3) is 0 Å². The summed E-state index contributed by atoms with van der Waals surface area (Å²) < 4.78 is 5.65. The van der Waals surface area contributed by atoms with Crippen molar-refractivity contribution in [2.75, 3.05) is 30.0 Å². The second-order valence-electron chi connectivity index (χ2n) is 5.85. The van der Waals surface area contributed by atoms with Crippen molar-refractivity contribution < 1.29 is 4.74 Å². The van der Waals surface area contributed by atoms with Gasteiger partial charge in [-0.2, -0.15) is 0 Å². The number of morpholine rings is 1. The third-order valence-electron chi connectivity index (χ3n) is 4.11. The topological polar surface area (TPSA) is 89.0 Å². The summed E-state index contributed by atoms with van der Waals surface area (Å²) in [5, 5.41) is 3.31. The van der Waals surface area contributed by atoms with Crippen LogP contribution in [0.1, 0.15) is 17.4 Å². The van der Waals surface area contributed by atoms with Crippen molar-refractivity contribution in [3.8, 4) is 0 Å². The van der Waals surface area contributed by atoms with Gasteiger partial charge in [-0.25, -0.2) is 19.9 Å². The quantitative estimate of drug-likeness (QED) is 0.746. The molecule has 4 heterocycles. The summed E-state index contributed by atoms with van der Waals surface area (Å²) in [6.45, 7) is 2.49. The molecule has 3 aromatic heterocycles. The van der Waals surface area contributed by atoms with Crippen LogP contribution >= 0.6 is 0 Å². The highest BCUT2D eigenvalue weighted by Crippen LogP contribution is 2.25. The number of rotatable bonds is 5. The zero-order chi connectivity index (χ0) is 17.6. The highest BCUT2D eigenvalue weighted by atomic mass is 16.5. The molecule has 0 spiro atoms. The van der Waals surface area contributed by atoms with E-state index in [1.165, 1.54) is 0 Å². The molecule has 0 aromatic carbocycles. The fraction of sp³-hybridized carbons (Fsp3) is 0.278. The molecule has 0 amide bonds. The number of nitrogens with zero attached hydrogens (tertiary/aromatic N) is 6. The van der Waals surface area contributed by atoms with Crippen LogP contribution in [0, 0.1) is 0 Å². The molecule has 26 heavy (non-hydrogen) atoms. The first kappa shape index (κ1) is 16.3. The van der Waals surface area contributed by atoms with Crippen LogP contribution in [-0.4, -0.2) is 44.7 Å². The Kier molecular flexibility index (Phi) is 4.92. The second-order valence-corrected chi connectivity index (χ2v) is 5.85. The van der Waals surface area contributed by atoms with Gasteiger partial charge in [0, 0.05) is 44.1 Å². The molecule has 0 aliphatic carbocycles. The van der Waals surface area contributed by atoms with Gasteiger partial charge in [-0.3, -0.25) is 4.98 Å². The minimum atomic E-state index is -0.119. The molecule has 8 nitrogen and oxygen atoms in total. The first-order valence-electron chi connectivity index (χ1n) is 8.47. The maximum absolute atomic E-state index is 5.65. The van der Waals surface area contributed by atoms with Crippen molar-refractivity contribution >= 4 is 11.8 Å². The SMILES string of the molecule is c1cnc(N2CCOCC2c2nccc(NCc3cccnc3)n2)nc1. The van der Waals surface area contributed by atoms with Gasteiger partial charge in [0.25, 0.3) is 0 Å². The molecule has 4 rings (SSSR count). The van der Waals surface area contributed by atoms with Crippen LogP contribution in [0.15, 0.2) is 55.2 Å². The van der Waals surface area contributed by atoms with Gasteiger partial charge in [-0.1, -0.05) is 6.07 Å². The van der Waals surface area contributed by atoms with Crippen molar-refractivity contribution in [2.24, 2.45) is 0 Å². The molecular weight excluding hydrogens is 330 g/mol. The molecule has 1 saturated heterocycles. The van der Waals surface area contributed by atoms with E-state index in [4.69, 9.17) is 4.74 Å². The largest absolute Gasteiger partial charge is 0.377 e. The minimum absolute atomic E-state index is 0.119. The third-order valence-corrected chi connectivity index (χ3v) is 4.11. The van der Waals surface area contributed by atoms with Crippen LogP contribution in [0.4, 0.5) is 11.8 Å². The number of anilines is 2. The predicted molar refractivity (Wildman–Crippen MR) is 96.5 cm³/mol. The normalized spacial score (nSPS) is 17.1. The lowest BCUT2D eigenvalue weighted by Gasteiger charge is -2.34. The van der Waals surface area contributed by atoms with Gasteiger partial charge in [0.15, 0.2) is 5.82 Å². The van der Waals surface area contributed by atoms with Crippen LogP contribution in [0.5, 0.6) is 0 Å². The van der Waals surface area contributed by atoms with Crippen molar-refractivity contribution in [1.82, 2.24) is 24.9 Å². The van der Waals surface area contributed by atoms with Gasteiger partial charge in [0.05, 0.1) is 13.2 Å². The first-order chi connectivity index (χ1) is 12.9. The Morgan fingerprint density at radius 1 is 1.08 bits per heavy atom. The summed E-state index contributed by atoms with van der Waals surface area (Å²) in [6, 6.07) is 7.47. The Labute approximate surface area is 151 Å². The summed E-state index contributed by atoms with van der Waals surface area (Å²) in [5.74, 6) is 2.12. The van der Waals surface area contributed by atoms with Crippen LogP contribution < -0.4 is 10.2 Å².